The van der Waals surface area contributed by atoms with Gasteiger partial charge in [0.15, 0.2) is 6.29 Å². The van der Waals surface area contributed by atoms with E-state index in [2.05, 4.69) is 11.8 Å². The van der Waals surface area contributed by atoms with Crippen molar-refractivity contribution >= 4 is 12.0 Å². The maximum absolute atomic E-state index is 12.8. The molecule has 3 rings (SSSR count). The van der Waals surface area contributed by atoms with Crippen molar-refractivity contribution in [1.29, 1.82) is 0 Å². The van der Waals surface area contributed by atoms with Gasteiger partial charge in [-0.15, -0.1) is 0 Å². The zero-order chi connectivity index (χ0) is 19.4. The first-order valence-corrected chi connectivity index (χ1v) is 8.58. The summed E-state index contributed by atoms with van der Waals surface area (Å²) in [6, 6.07) is 9.96. The Hall–Kier alpha value is -2.78. The van der Waals surface area contributed by atoms with Gasteiger partial charge in [-0.1, -0.05) is 17.9 Å². The second-order valence-corrected chi connectivity index (χ2v) is 6.44. The Labute approximate surface area is 155 Å². The fourth-order valence-electron chi connectivity index (χ4n) is 3.02. The quantitative estimate of drug-likeness (QED) is 0.642. The first-order valence-electron chi connectivity index (χ1n) is 8.58. The summed E-state index contributed by atoms with van der Waals surface area (Å²) in [6.45, 7) is 1.26. The highest BCUT2D eigenvalue weighted by molar-refractivity contribution is 5.85. The van der Waals surface area contributed by atoms with Crippen LogP contribution in [0, 0.1) is 11.8 Å². The summed E-state index contributed by atoms with van der Waals surface area (Å²) in [6.07, 6.45) is -2.72. The van der Waals surface area contributed by atoms with E-state index in [0.29, 0.717) is 37.1 Å². The van der Waals surface area contributed by atoms with Crippen LogP contribution in [0.2, 0.25) is 0 Å². The minimum Gasteiger partial charge on any atom is -0.393 e. The van der Waals surface area contributed by atoms with E-state index in [1.807, 2.05) is 4.90 Å². The Balaban J connectivity index is 1.88. The lowest BCUT2D eigenvalue weighted by Crippen LogP contribution is -2.36. The van der Waals surface area contributed by atoms with E-state index in [1.54, 1.807) is 18.2 Å². The highest BCUT2D eigenvalue weighted by atomic mass is 19.4. The number of benzene rings is 2. The predicted octanol–water partition coefficient (Wildman–Crippen LogP) is 3.88. The van der Waals surface area contributed by atoms with Crippen LogP contribution in [0.3, 0.4) is 0 Å². The standard InChI is InChI=1S/C21H18F3NO2/c22-21(23,24)18-3-1-2-15(12-18)4-5-16-6-7-17(14-26)20(13-16)25-10-8-19(27)9-11-25/h1-3,6-7,12-14,19,27H,8-11H2. The fraction of sp³-hybridized carbons (Fsp3) is 0.286. The summed E-state index contributed by atoms with van der Waals surface area (Å²) in [5, 5.41) is 9.65. The van der Waals surface area contributed by atoms with E-state index in [1.165, 1.54) is 12.1 Å². The van der Waals surface area contributed by atoms with Crippen LogP contribution in [0.15, 0.2) is 42.5 Å². The van der Waals surface area contributed by atoms with Gasteiger partial charge in [-0.05, 0) is 49.2 Å². The van der Waals surface area contributed by atoms with Gasteiger partial charge in [0.25, 0.3) is 0 Å². The van der Waals surface area contributed by atoms with Gasteiger partial charge in [0.2, 0.25) is 0 Å². The molecule has 1 aliphatic rings. The molecule has 3 nitrogen and oxygen atoms in total. The van der Waals surface area contributed by atoms with Crippen LogP contribution >= 0.6 is 0 Å². The lowest BCUT2D eigenvalue weighted by molar-refractivity contribution is -0.137. The Morgan fingerprint density at radius 2 is 1.70 bits per heavy atom. The zero-order valence-electron chi connectivity index (χ0n) is 14.5. The van der Waals surface area contributed by atoms with E-state index in [0.717, 1.165) is 24.1 Å². The molecule has 2 aromatic carbocycles. The molecule has 2 aromatic rings. The third-order valence-corrected chi connectivity index (χ3v) is 4.50. The summed E-state index contributed by atoms with van der Waals surface area (Å²) in [7, 11) is 0. The van der Waals surface area contributed by atoms with Crippen molar-refractivity contribution < 1.29 is 23.1 Å². The van der Waals surface area contributed by atoms with Crippen LogP contribution in [0.1, 0.15) is 39.9 Å². The Bertz CT molecular complexity index is 888. The summed E-state index contributed by atoms with van der Waals surface area (Å²) in [5.74, 6) is 5.62. The van der Waals surface area contributed by atoms with Crippen molar-refractivity contribution in [3.05, 3.63) is 64.7 Å². The molecule has 0 atom stereocenters. The summed E-state index contributed by atoms with van der Waals surface area (Å²) < 4.78 is 38.4. The second kappa shape index (κ2) is 7.85. The van der Waals surface area contributed by atoms with Crippen LogP contribution in [-0.4, -0.2) is 30.6 Å². The number of anilines is 1. The number of hydrogen-bond donors (Lipinski definition) is 1. The number of aliphatic hydroxyl groups is 1. The van der Waals surface area contributed by atoms with Crippen molar-refractivity contribution in [1.82, 2.24) is 0 Å². The molecule has 0 radical (unpaired) electrons. The molecule has 0 spiro atoms. The van der Waals surface area contributed by atoms with E-state index in [4.69, 9.17) is 0 Å². The number of nitrogens with zero attached hydrogens (tertiary/aromatic N) is 1. The summed E-state index contributed by atoms with van der Waals surface area (Å²) >= 11 is 0. The lowest BCUT2D eigenvalue weighted by Gasteiger charge is -2.32. The van der Waals surface area contributed by atoms with Crippen LogP contribution in [0.25, 0.3) is 0 Å². The molecule has 27 heavy (non-hydrogen) atoms. The molecule has 1 aliphatic heterocycles. The van der Waals surface area contributed by atoms with Gasteiger partial charge in [0.05, 0.1) is 11.7 Å². The van der Waals surface area contributed by atoms with E-state index in [-0.39, 0.29) is 11.7 Å². The SMILES string of the molecule is O=Cc1ccc(C#Cc2cccc(C(F)(F)F)c2)cc1N1CCC(O)CC1. The Kier molecular flexibility index (Phi) is 5.52. The van der Waals surface area contributed by atoms with Gasteiger partial charge in [0, 0.05) is 35.5 Å². The molecule has 1 heterocycles. The number of carbonyl (C=O) groups is 1. The zero-order valence-corrected chi connectivity index (χ0v) is 14.5. The van der Waals surface area contributed by atoms with Gasteiger partial charge in [-0.2, -0.15) is 13.2 Å². The smallest absolute Gasteiger partial charge is 0.393 e. The third kappa shape index (κ3) is 4.69. The average Bonchev–Trinajstić information content (AvgIpc) is 2.66. The van der Waals surface area contributed by atoms with Gasteiger partial charge in [0.1, 0.15) is 0 Å². The number of aldehydes is 1. The van der Waals surface area contributed by atoms with Crippen molar-refractivity contribution in [3.8, 4) is 11.8 Å². The Morgan fingerprint density at radius 3 is 2.33 bits per heavy atom. The van der Waals surface area contributed by atoms with Gasteiger partial charge in [-0.25, -0.2) is 0 Å². The number of carbonyl (C=O) groups excluding carboxylic acids is 1. The molecule has 0 bridgehead atoms. The monoisotopic (exact) mass is 373 g/mol. The van der Waals surface area contributed by atoms with Gasteiger partial charge < -0.3 is 10.0 Å². The normalized spacial score (nSPS) is 15.2. The molecule has 140 valence electrons. The van der Waals surface area contributed by atoms with E-state index in [9.17, 15) is 23.1 Å². The maximum atomic E-state index is 12.8. The number of aliphatic hydroxyl groups excluding tert-OH is 1. The molecule has 0 saturated carbocycles. The first kappa shape index (κ1) is 19.0. The molecule has 0 aromatic heterocycles. The first-order chi connectivity index (χ1) is 12.9. The largest absolute Gasteiger partial charge is 0.416 e. The van der Waals surface area contributed by atoms with Crippen LogP contribution < -0.4 is 4.90 Å². The van der Waals surface area contributed by atoms with Gasteiger partial charge in [-0.3, -0.25) is 4.79 Å². The fourth-order valence-corrected chi connectivity index (χ4v) is 3.02. The molecule has 1 saturated heterocycles. The molecule has 1 fully saturated rings. The number of alkyl halides is 3. The topological polar surface area (TPSA) is 40.5 Å². The van der Waals surface area contributed by atoms with Crippen LogP contribution in [0.5, 0.6) is 0 Å². The van der Waals surface area contributed by atoms with E-state index >= 15 is 0 Å². The minimum atomic E-state index is -4.41. The number of halogens is 3. The summed E-state index contributed by atoms with van der Waals surface area (Å²) in [5.41, 5.74) is 1.40. The van der Waals surface area contributed by atoms with Crippen molar-refractivity contribution in [3.63, 3.8) is 0 Å². The molecule has 0 unspecified atom stereocenters. The summed E-state index contributed by atoms with van der Waals surface area (Å²) in [4.78, 5) is 13.4. The average molecular weight is 373 g/mol. The molecule has 0 aliphatic carbocycles. The minimum absolute atomic E-state index is 0.270. The Morgan fingerprint density at radius 1 is 1.04 bits per heavy atom. The van der Waals surface area contributed by atoms with Crippen molar-refractivity contribution in [2.45, 2.75) is 25.1 Å². The number of rotatable bonds is 2. The van der Waals surface area contributed by atoms with Crippen LogP contribution in [-0.2, 0) is 6.18 Å². The lowest BCUT2D eigenvalue weighted by atomic mass is 10.0. The third-order valence-electron chi connectivity index (χ3n) is 4.50. The molecule has 6 heteroatoms. The molecular formula is C21H18F3NO2. The predicted molar refractivity (Wildman–Crippen MR) is 96.7 cm³/mol. The second-order valence-electron chi connectivity index (χ2n) is 6.44. The number of hydrogen-bond acceptors (Lipinski definition) is 3. The van der Waals surface area contributed by atoms with Crippen LogP contribution in [0.4, 0.5) is 18.9 Å². The van der Waals surface area contributed by atoms with E-state index < -0.39 is 11.7 Å². The molecule has 1 N–H and O–H groups in total. The highest BCUT2D eigenvalue weighted by Gasteiger charge is 2.30. The maximum Gasteiger partial charge on any atom is 0.416 e. The van der Waals surface area contributed by atoms with Crippen molar-refractivity contribution in [2.75, 3.05) is 18.0 Å². The number of piperidine rings is 1. The molecule has 0 amide bonds. The molecular weight excluding hydrogens is 355 g/mol. The van der Waals surface area contributed by atoms with Crippen molar-refractivity contribution in [2.24, 2.45) is 0 Å². The highest BCUT2D eigenvalue weighted by Crippen LogP contribution is 2.29. The van der Waals surface area contributed by atoms with Gasteiger partial charge >= 0.3 is 6.18 Å².